The van der Waals surface area contributed by atoms with Gasteiger partial charge in [0.25, 0.3) is 21.6 Å². The molecule has 11 rings (SSSR count). The molecule has 2 saturated carbocycles. The number of aromatic amines is 1. The number of benzene rings is 3. The molecule has 4 N–H and O–H groups in total. The first-order valence-corrected chi connectivity index (χ1v) is 27.4. The van der Waals surface area contributed by atoms with E-state index in [-0.39, 0.29) is 53.5 Å². The lowest BCUT2D eigenvalue weighted by atomic mass is 9.59. The van der Waals surface area contributed by atoms with Crippen molar-refractivity contribution in [1.82, 2.24) is 19.6 Å². The highest BCUT2D eigenvalue weighted by molar-refractivity contribution is 7.90. The normalized spacial score (nSPS) is 25.4. The quantitative estimate of drug-likeness (QED) is 0.0646. The summed E-state index contributed by atoms with van der Waals surface area (Å²) in [5.41, 5.74) is 3.12. The van der Waals surface area contributed by atoms with Crippen LogP contribution in [0, 0.1) is 21.4 Å². The van der Waals surface area contributed by atoms with Gasteiger partial charge in [-0.05, 0) is 132 Å². The first-order chi connectivity index (χ1) is 35.1. The Balaban J connectivity index is 0.859. The van der Waals surface area contributed by atoms with Gasteiger partial charge in [-0.15, -0.1) is 0 Å². The Morgan fingerprint density at radius 1 is 0.959 bits per heavy atom. The lowest BCUT2D eigenvalue weighted by molar-refractivity contribution is -0.384. The Morgan fingerprint density at radius 2 is 1.74 bits per heavy atom. The van der Waals surface area contributed by atoms with E-state index in [2.05, 4.69) is 56.9 Å². The molecule has 2 aromatic heterocycles. The molecule has 1 spiro atoms. The highest BCUT2D eigenvalue weighted by atomic mass is 32.2. The number of hydrogen-bond donors (Lipinski definition) is 4. The van der Waals surface area contributed by atoms with Gasteiger partial charge in [-0.3, -0.25) is 19.8 Å². The number of ether oxygens (including phenoxy) is 4. The Hall–Kier alpha value is -5.99. The summed E-state index contributed by atoms with van der Waals surface area (Å²) in [5.74, 6) is 0.600. The molecule has 6 aliphatic rings. The summed E-state index contributed by atoms with van der Waals surface area (Å²) in [4.78, 5) is 41.1. The fourth-order valence-electron chi connectivity index (χ4n) is 12.3. The SMILES string of the molecule is CC(C)Oc1ccccc1[C@H]1COCCN1C1CC2(CCN(c3ccc(C(=O)NS(=O)(=O)c4ccc(NCC5CCC(C)(O)CC5)c([N+](=O)[O-])c4)c(N4c5cc6cc[nH]c6nc5O[C@@H]5CCOC[C@H]54)c3)CC2)C1. The van der Waals surface area contributed by atoms with Gasteiger partial charge in [0.2, 0.25) is 5.88 Å². The maximum Gasteiger partial charge on any atom is 0.293 e. The summed E-state index contributed by atoms with van der Waals surface area (Å²) >= 11 is 0. The minimum Gasteiger partial charge on any atom is -0.491 e. The molecular weight excluding hydrogens is 953 g/mol. The number of nitro groups is 1. The van der Waals surface area contributed by atoms with Gasteiger partial charge in [-0.25, -0.2) is 13.1 Å². The van der Waals surface area contributed by atoms with Crippen LogP contribution in [0.3, 0.4) is 0 Å². The monoisotopic (exact) mass is 1020 g/mol. The molecule has 5 fully saturated rings. The molecule has 3 saturated heterocycles. The number of rotatable bonds is 13. The maximum atomic E-state index is 14.7. The van der Waals surface area contributed by atoms with Crippen LogP contribution in [0.2, 0.25) is 0 Å². The molecule has 6 heterocycles. The minimum absolute atomic E-state index is 0.0658. The summed E-state index contributed by atoms with van der Waals surface area (Å²) < 4.78 is 55.6. The number of aliphatic hydroxyl groups is 1. The van der Waals surface area contributed by atoms with Gasteiger partial charge in [0.1, 0.15) is 28.9 Å². The highest BCUT2D eigenvalue weighted by Gasteiger charge is 2.50. The fourth-order valence-corrected chi connectivity index (χ4v) is 13.3. The second-order valence-corrected chi connectivity index (χ2v) is 23.3. The van der Waals surface area contributed by atoms with Gasteiger partial charge in [-0.1, -0.05) is 18.2 Å². The van der Waals surface area contributed by atoms with Crippen molar-refractivity contribution in [3.63, 3.8) is 0 Å². The van der Waals surface area contributed by atoms with E-state index in [0.717, 1.165) is 81.0 Å². The number of amides is 1. The number of anilines is 4. The third-order valence-electron chi connectivity index (χ3n) is 16.4. The molecule has 3 aromatic carbocycles. The van der Waals surface area contributed by atoms with Crippen molar-refractivity contribution in [3.05, 3.63) is 100 Å². The Bertz CT molecular complexity index is 2980. The first-order valence-electron chi connectivity index (χ1n) is 25.9. The molecule has 0 radical (unpaired) electrons. The Kier molecular flexibility index (Phi) is 13.3. The zero-order valence-corrected chi connectivity index (χ0v) is 42.6. The van der Waals surface area contributed by atoms with Crippen LogP contribution in [0.4, 0.5) is 28.4 Å². The molecule has 18 nitrogen and oxygen atoms in total. The summed E-state index contributed by atoms with van der Waals surface area (Å²) in [5, 5.41) is 26.7. The second-order valence-electron chi connectivity index (χ2n) is 21.7. The van der Waals surface area contributed by atoms with Crippen LogP contribution in [0.5, 0.6) is 11.6 Å². The number of nitro benzene ring substituents is 1. The van der Waals surface area contributed by atoms with Crippen molar-refractivity contribution < 1.29 is 42.2 Å². The molecule has 1 amide bonds. The van der Waals surface area contributed by atoms with Crippen LogP contribution in [-0.4, -0.2) is 122 Å². The number of fused-ring (bicyclic) bond motifs is 3. The summed E-state index contributed by atoms with van der Waals surface area (Å²) in [6.45, 7) is 10.9. The van der Waals surface area contributed by atoms with Crippen LogP contribution in [-0.2, 0) is 19.5 Å². The Labute approximate surface area is 425 Å². The number of para-hydroxylation sites is 1. The molecule has 73 heavy (non-hydrogen) atoms. The van der Waals surface area contributed by atoms with Crippen molar-refractivity contribution in [2.24, 2.45) is 11.3 Å². The predicted molar refractivity (Wildman–Crippen MR) is 277 cm³/mol. The molecule has 3 atom stereocenters. The van der Waals surface area contributed by atoms with Gasteiger partial charge < -0.3 is 44.2 Å². The third-order valence-corrected chi connectivity index (χ3v) is 17.7. The number of hydrogen-bond acceptors (Lipinski definition) is 15. The average Bonchev–Trinajstić information content (AvgIpc) is 3.83. The number of sulfonamides is 1. The summed E-state index contributed by atoms with van der Waals surface area (Å²) in [6, 6.07) is 21.5. The molecule has 2 aliphatic carbocycles. The van der Waals surface area contributed by atoms with E-state index in [0.29, 0.717) is 74.6 Å². The number of aromatic nitrogens is 2. The molecule has 5 aromatic rings. The lowest BCUT2D eigenvalue weighted by Gasteiger charge is -2.57. The van der Waals surface area contributed by atoms with Crippen molar-refractivity contribution >= 4 is 55.4 Å². The van der Waals surface area contributed by atoms with Crippen molar-refractivity contribution in [1.29, 1.82) is 0 Å². The zero-order valence-electron chi connectivity index (χ0n) is 41.8. The van der Waals surface area contributed by atoms with Crippen LogP contribution in [0.25, 0.3) is 11.0 Å². The topological polar surface area (TPSA) is 214 Å². The van der Waals surface area contributed by atoms with Crippen LogP contribution in [0.15, 0.2) is 83.9 Å². The van der Waals surface area contributed by atoms with E-state index in [9.17, 15) is 28.4 Å². The number of pyridine rings is 1. The number of carbonyl (C=O) groups is 1. The van der Waals surface area contributed by atoms with Gasteiger partial charge in [0.05, 0.1) is 71.3 Å². The molecule has 388 valence electrons. The molecule has 4 aliphatic heterocycles. The average molecular weight is 1020 g/mol. The Morgan fingerprint density at radius 3 is 2.52 bits per heavy atom. The number of carbonyl (C=O) groups excluding carboxylic acids is 1. The number of morpholine rings is 1. The molecule has 0 unspecified atom stereocenters. The van der Waals surface area contributed by atoms with Crippen molar-refractivity contribution in [2.45, 2.75) is 119 Å². The molecule has 19 heteroatoms. The second kappa shape index (κ2) is 19.7. The summed E-state index contributed by atoms with van der Waals surface area (Å²) in [6.07, 6.45) is 9.09. The number of H-pyrrole nitrogens is 1. The van der Waals surface area contributed by atoms with E-state index in [1.165, 1.54) is 17.7 Å². The maximum absolute atomic E-state index is 14.7. The number of piperidine rings is 1. The fraction of sp³-hybridized carbons (Fsp3) is 0.519. The van der Waals surface area contributed by atoms with E-state index in [1.54, 1.807) is 12.3 Å². The highest BCUT2D eigenvalue weighted by Crippen LogP contribution is 2.54. The van der Waals surface area contributed by atoms with Gasteiger partial charge in [-0.2, -0.15) is 4.98 Å². The molecular formula is C54H66N8O10S. The third kappa shape index (κ3) is 9.93. The van der Waals surface area contributed by atoms with Crippen LogP contribution >= 0.6 is 0 Å². The minimum atomic E-state index is -4.63. The van der Waals surface area contributed by atoms with Gasteiger partial charge >= 0.3 is 0 Å². The smallest absolute Gasteiger partial charge is 0.293 e. The number of nitrogens with zero attached hydrogens (tertiary/aromatic N) is 5. The largest absolute Gasteiger partial charge is 0.491 e. The predicted octanol–water partition coefficient (Wildman–Crippen LogP) is 8.24. The lowest BCUT2D eigenvalue weighted by Crippen LogP contribution is -2.57. The number of nitrogens with one attached hydrogen (secondary N) is 3. The summed E-state index contributed by atoms with van der Waals surface area (Å²) in [7, 11) is -4.63. The van der Waals surface area contributed by atoms with E-state index < -0.39 is 37.0 Å². The van der Waals surface area contributed by atoms with Crippen molar-refractivity contribution in [3.8, 4) is 11.6 Å². The van der Waals surface area contributed by atoms with Gasteiger partial charge in [0, 0.05) is 67.5 Å². The zero-order chi connectivity index (χ0) is 50.6. The van der Waals surface area contributed by atoms with Gasteiger partial charge in [0.15, 0.2) is 0 Å². The first kappa shape index (κ1) is 49.2. The van der Waals surface area contributed by atoms with Crippen LogP contribution in [0.1, 0.15) is 101 Å². The molecule has 0 bridgehead atoms. The van der Waals surface area contributed by atoms with E-state index >= 15 is 0 Å². The van der Waals surface area contributed by atoms with Crippen molar-refractivity contribution in [2.75, 3.05) is 67.7 Å². The van der Waals surface area contributed by atoms with E-state index in [1.807, 2.05) is 42.2 Å². The van der Waals surface area contributed by atoms with Crippen LogP contribution < -0.4 is 29.3 Å². The standard InChI is InChI=1S/C54H66N8O10S/c1-34(2)71-48-7-5-4-6-40(48)46-32-70-25-23-60(46)38-29-54(30-38)18-21-59(22-19-54)37-8-10-41(43(27-37)61-45-26-36-14-20-55-50(36)57-52(45)72-49-15-24-69-33-47(49)61)51(63)58-73(67,68)39-9-11-42(44(28-39)62(65)66)56-31-35-12-16-53(3,64)17-13-35/h4-11,14,20,26-28,34-35,38,46-47,49,56,64H,12-13,15-19,21-25,29-33H2,1-3H3,(H,55,57)(H,58,63)/t35?,46-,47-,49-,53?/m1/s1. The van der Waals surface area contributed by atoms with E-state index in [4.69, 9.17) is 23.9 Å².